The van der Waals surface area contributed by atoms with E-state index in [0.717, 1.165) is 22.6 Å². The van der Waals surface area contributed by atoms with Gasteiger partial charge in [-0.15, -0.1) is 0 Å². The molecule has 1 aliphatic carbocycles. The summed E-state index contributed by atoms with van der Waals surface area (Å²) in [5, 5.41) is 0. The minimum absolute atomic E-state index is 0.0486. The zero-order valence-electron chi connectivity index (χ0n) is 9.62. The number of hydrogen-bond acceptors (Lipinski definition) is 2. The molecule has 0 amide bonds. The first kappa shape index (κ1) is 12.2. The highest BCUT2D eigenvalue weighted by Gasteiger charge is 2.20. The van der Waals surface area contributed by atoms with Crippen molar-refractivity contribution in [2.45, 2.75) is 51.0 Å². The van der Waals surface area contributed by atoms with Crippen LogP contribution in [0, 0.1) is 5.92 Å². The molecule has 1 aromatic heterocycles. The van der Waals surface area contributed by atoms with Crippen LogP contribution in [0.2, 0.25) is 0 Å². The molecular formula is C13H20BrNO. The zero-order chi connectivity index (χ0) is 11.4. The van der Waals surface area contributed by atoms with Crippen molar-refractivity contribution >= 4 is 15.9 Å². The van der Waals surface area contributed by atoms with Gasteiger partial charge in [0, 0.05) is 0 Å². The van der Waals surface area contributed by atoms with Crippen LogP contribution in [0.15, 0.2) is 21.2 Å². The monoisotopic (exact) mass is 285 g/mol. The third-order valence-corrected chi connectivity index (χ3v) is 4.20. The standard InChI is InChI=1S/C13H20BrNO/c14-11-7-8-16-13(11)12(15)9-10-5-3-1-2-4-6-10/h7-8,10,12H,1-6,9,15H2. The van der Waals surface area contributed by atoms with Crippen molar-refractivity contribution in [1.29, 1.82) is 0 Å². The Morgan fingerprint density at radius 1 is 1.31 bits per heavy atom. The Hall–Kier alpha value is -0.280. The third kappa shape index (κ3) is 3.11. The van der Waals surface area contributed by atoms with Gasteiger partial charge in [-0.1, -0.05) is 38.5 Å². The maximum atomic E-state index is 6.20. The lowest BCUT2D eigenvalue weighted by Crippen LogP contribution is -2.15. The van der Waals surface area contributed by atoms with Crippen molar-refractivity contribution < 1.29 is 4.42 Å². The van der Waals surface area contributed by atoms with E-state index in [1.807, 2.05) is 6.07 Å². The summed E-state index contributed by atoms with van der Waals surface area (Å²) in [6.07, 6.45) is 11.0. The van der Waals surface area contributed by atoms with Crippen LogP contribution in [0.25, 0.3) is 0 Å². The summed E-state index contributed by atoms with van der Waals surface area (Å²) >= 11 is 3.47. The van der Waals surface area contributed by atoms with Crippen LogP contribution in [-0.2, 0) is 0 Å². The summed E-state index contributed by atoms with van der Waals surface area (Å²) in [5.41, 5.74) is 6.20. The van der Waals surface area contributed by atoms with Gasteiger partial charge in [0.1, 0.15) is 5.76 Å². The number of hydrogen-bond donors (Lipinski definition) is 1. The summed E-state index contributed by atoms with van der Waals surface area (Å²) in [4.78, 5) is 0. The molecule has 1 aliphatic rings. The molecule has 0 aliphatic heterocycles. The molecule has 2 rings (SSSR count). The summed E-state index contributed by atoms with van der Waals surface area (Å²) in [5.74, 6) is 1.69. The Kier molecular flexibility index (Phi) is 4.47. The van der Waals surface area contributed by atoms with E-state index in [2.05, 4.69) is 15.9 Å². The van der Waals surface area contributed by atoms with Gasteiger partial charge in [0.25, 0.3) is 0 Å². The summed E-state index contributed by atoms with van der Waals surface area (Å²) in [6.45, 7) is 0. The molecule has 2 N–H and O–H groups in total. The average Bonchev–Trinajstić information content (AvgIpc) is 2.53. The molecule has 1 fully saturated rings. The minimum Gasteiger partial charge on any atom is -0.466 e. The maximum Gasteiger partial charge on any atom is 0.134 e. The zero-order valence-corrected chi connectivity index (χ0v) is 11.2. The van der Waals surface area contributed by atoms with Crippen molar-refractivity contribution in [2.75, 3.05) is 0 Å². The average molecular weight is 286 g/mol. The lowest BCUT2D eigenvalue weighted by atomic mass is 9.92. The van der Waals surface area contributed by atoms with E-state index in [1.165, 1.54) is 38.5 Å². The number of rotatable bonds is 3. The molecule has 3 heteroatoms. The molecule has 0 saturated heterocycles. The van der Waals surface area contributed by atoms with Crippen LogP contribution in [0.5, 0.6) is 0 Å². The Bertz CT molecular complexity index is 315. The number of furan rings is 1. The lowest BCUT2D eigenvalue weighted by molar-refractivity contribution is 0.357. The van der Waals surface area contributed by atoms with E-state index in [4.69, 9.17) is 10.2 Å². The van der Waals surface area contributed by atoms with Gasteiger partial charge in [-0.05, 0) is 34.3 Å². The fourth-order valence-electron chi connectivity index (χ4n) is 2.64. The van der Waals surface area contributed by atoms with Gasteiger partial charge in [-0.3, -0.25) is 0 Å². The first-order valence-corrected chi connectivity index (χ1v) is 7.05. The van der Waals surface area contributed by atoms with Crippen LogP contribution in [-0.4, -0.2) is 0 Å². The quantitative estimate of drug-likeness (QED) is 0.836. The van der Waals surface area contributed by atoms with Crippen LogP contribution in [0.3, 0.4) is 0 Å². The minimum atomic E-state index is 0.0486. The lowest BCUT2D eigenvalue weighted by Gasteiger charge is -2.18. The number of halogens is 1. The molecule has 0 aromatic carbocycles. The van der Waals surface area contributed by atoms with Crippen LogP contribution in [0.1, 0.15) is 56.7 Å². The molecule has 0 bridgehead atoms. The van der Waals surface area contributed by atoms with E-state index in [9.17, 15) is 0 Å². The third-order valence-electron chi connectivity index (χ3n) is 3.54. The molecule has 16 heavy (non-hydrogen) atoms. The summed E-state index contributed by atoms with van der Waals surface area (Å²) in [6, 6.07) is 1.97. The van der Waals surface area contributed by atoms with Gasteiger partial charge in [0.2, 0.25) is 0 Å². The van der Waals surface area contributed by atoms with Crippen molar-refractivity contribution in [3.63, 3.8) is 0 Å². The van der Waals surface area contributed by atoms with Crippen LogP contribution in [0.4, 0.5) is 0 Å². The first-order chi connectivity index (χ1) is 7.77. The highest BCUT2D eigenvalue weighted by molar-refractivity contribution is 9.10. The molecular weight excluding hydrogens is 266 g/mol. The van der Waals surface area contributed by atoms with Crippen LogP contribution >= 0.6 is 15.9 Å². The second-order valence-electron chi connectivity index (χ2n) is 4.83. The highest BCUT2D eigenvalue weighted by atomic mass is 79.9. The summed E-state index contributed by atoms with van der Waals surface area (Å²) < 4.78 is 6.43. The molecule has 90 valence electrons. The maximum absolute atomic E-state index is 6.20. The van der Waals surface area contributed by atoms with E-state index in [1.54, 1.807) is 6.26 Å². The van der Waals surface area contributed by atoms with Gasteiger partial charge in [0.15, 0.2) is 0 Å². The second kappa shape index (κ2) is 5.87. The molecule has 2 nitrogen and oxygen atoms in total. The topological polar surface area (TPSA) is 39.2 Å². The Morgan fingerprint density at radius 3 is 2.56 bits per heavy atom. The van der Waals surface area contributed by atoms with Crippen molar-refractivity contribution in [3.05, 3.63) is 22.6 Å². The van der Waals surface area contributed by atoms with E-state index in [0.29, 0.717) is 0 Å². The highest BCUT2D eigenvalue weighted by Crippen LogP contribution is 2.32. The smallest absolute Gasteiger partial charge is 0.134 e. The fourth-order valence-corrected chi connectivity index (χ4v) is 3.13. The normalized spacial score (nSPS) is 20.6. The Balaban J connectivity index is 1.91. The van der Waals surface area contributed by atoms with Gasteiger partial charge in [0.05, 0.1) is 16.8 Å². The Labute approximate surface area is 106 Å². The molecule has 0 radical (unpaired) electrons. The fraction of sp³-hybridized carbons (Fsp3) is 0.692. The van der Waals surface area contributed by atoms with Crippen molar-refractivity contribution in [3.8, 4) is 0 Å². The van der Waals surface area contributed by atoms with Crippen LogP contribution < -0.4 is 5.73 Å². The molecule has 0 spiro atoms. The van der Waals surface area contributed by atoms with E-state index < -0.39 is 0 Å². The molecule has 1 atom stereocenters. The van der Waals surface area contributed by atoms with Gasteiger partial charge in [-0.25, -0.2) is 0 Å². The number of nitrogens with two attached hydrogens (primary N) is 1. The van der Waals surface area contributed by atoms with Crippen molar-refractivity contribution in [1.82, 2.24) is 0 Å². The van der Waals surface area contributed by atoms with E-state index >= 15 is 0 Å². The predicted octanol–water partition coefficient (Wildman–Crippen LogP) is 4.40. The van der Waals surface area contributed by atoms with Crippen molar-refractivity contribution in [2.24, 2.45) is 11.7 Å². The molecule has 1 heterocycles. The largest absolute Gasteiger partial charge is 0.466 e. The van der Waals surface area contributed by atoms with Gasteiger partial charge >= 0.3 is 0 Å². The predicted molar refractivity (Wildman–Crippen MR) is 69.1 cm³/mol. The molecule has 1 aromatic rings. The molecule has 1 unspecified atom stereocenters. The molecule has 1 saturated carbocycles. The SMILES string of the molecule is NC(CC1CCCCCC1)c1occc1Br. The van der Waals surface area contributed by atoms with Gasteiger partial charge in [-0.2, -0.15) is 0 Å². The second-order valence-corrected chi connectivity index (χ2v) is 5.69. The first-order valence-electron chi connectivity index (χ1n) is 6.26. The van der Waals surface area contributed by atoms with Gasteiger partial charge < -0.3 is 10.2 Å². The van der Waals surface area contributed by atoms with E-state index in [-0.39, 0.29) is 6.04 Å². The summed E-state index contributed by atoms with van der Waals surface area (Å²) in [7, 11) is 0. The Morgan fingerprint density at radius 2 is 2.00 bits per heavy atom.